The van der Waals surface area contributed by atoms with Crippen molar-refractivity contribution >= 4 is 10.1 Å². The lowest BCUT2D eigenvalue weighted by molar-refractivity contribution is -0.0556. The number of rotatable bonds is 7. The van der Waals surface area contributed by atoms with Gasteiger partial charge in [-0.3, -0.25) is 4.18 Å². The first kappa shape index (κ1) is 19.0. The van der Waals surface area contributed by atoms with E-state index in [-0.39, 0.29) is 24.7 Å². The van der Waals surface area contributed by atoms with E-state index in [1.807, 2.05) is 37.3 Å². The molecule has 0 spiro atoms. The van der Waals surface area contributed by atoms with Crippen LogP contribution in [0.5, 0.6) is 0 Å². The summed E-state index contributed by atoms with van der Waals surface area (Å²) in [5.74, 6) is 0. The van der Waals surface area contributed by atoms with Crippen LogP contribution in [0.3, 0.4) is 0 Å². The van der Waals surface area contributed by atoms with E-state index in [1.165, 1.54) is 12.1 Å². The maximum absolute atomic E-state index is 12.5. The van der Waals surface area contributed by atoms with Gasteiger partial charge in [-0.15, -0.1) is 0 Å². The maximum atomic E-state index is 12.5. The van der Waals surface area contributed by atoms with E-state index in [2.05, 4.69) is 0 Å². The van der Waals surface area contributed by atoms with Crippen molar-refractivity contribution in [1.82, 2.24) is 0 Å². The van der Waals surface area contributed by atoms with Gasteiger partial charge in [0.1, 0.15) is 18.3 Å². The third-order valence-corrected chi connectivity index (χ3v) is 5.58. The highest BCUT2D eigenvalue weighted by Crippen LogP contribution is 2.25. The molecule has 0 saturated carbocycles. The van der Waals surface area contributed by atoms with Crippen LogP contribution in [0.2, 0.25) is 0 Å². The molecule has 26 heavy (non-hydrogen) atoms. The van der Waals surface area contributed by atoms with E-state index in [9.17, 15) is 13.5 Å². The predicted octanol–water partition coefficient (Wildman–Crippen LogP) is 2.05. The molecule has 140 valence electrons. The Bertz CT molecular complexity index is 804. The third kappa shape index (κ3) is 4.49. The van der Waals surface area contributed by atoms with Crippen LogP contribution >= 0.6 is 0 Å². The molecule has 0 bridgehead atoms. The van der Waals surface area contributed by atoms with E-state index in [0.29, 0.717) is 0 Å². The lowest BCUT2D eigenvalue weighted by atomic mass is 10.1. The minimum absolute atomic E-state index is 0.0375. The topological polar surface area (TPSA) is 82.1 Å². The number of hydrogen-bond acceptors (Lipinski definition) is 6. The quantitative estimate of drug-likeness (QED) is 0.743. The molecule has 1 aliphatic rings. The number of aliphatic hydroxyl groups excluding tert-OH is 1. The second-order valence-electron chi connectivity index (χ2n) is 6.22. The van der Waals surface area contributed by atoms with Crippen LogP contribution < -0.4 is 0 Å². The smallest absolute Gasteiger partial charge is 0.297 e. The Kier molecular flexibility index (Phi) is 6.05. The normalized spacial score (nSPS) is 23.2. The fourth-order valence-corrected chi connectivity index (χ4v) is 3.86. The molecule has 1 saturated heterocycles. The minimum Gasteiger partial charge on any atom is -0.394 e. The average molecular weight is 378 g/mol. The van der Waals surface area contributed by atoms with Crippen LogP contribution in [-0.2, 0) is 30.4 Å². The predicted molar refractivity (Wildman–Crippen MR) is 95.1 cm³/mol. The minimum atomic E-state index is -3.95. The molecule has 0 radical (unpaired) electrons. The molecule has 3 atom stereocenters. The summed E-state index contributed by atoms with van der Waals surface area (Å²) in [6.07, 6.45) is -2.13. The van der Waals surface area contributed by atoms with Gasteiger partial charge in [-0.2, -0.15) is 8.42 Å². The molecule has 3 rings (SSSR count). The maximum Gasteiger partial charge on any atom is 0.297 e. The summed E-state index contributed by atoms with van der Waals surface area (Å²) in [7, 11) is -3.95. The Labute approximate surface area is 153 Å². The first-order chi connectivity index (χ1) is 12.5. The van der Waals surface area contributed by atoms with Gasteiger partial charge in [-0.1, -0.05) is 48.0 Å². The molecule has 0 unspecified atom stereocenters. The molecule has 1 fully saturated rings. The zero-order valence-electron chi connectivity index (χ0n) is 14.4. The summed E-state index contributed by atoms with van der Waals surface area (Å²) in [4.78, 5) is 0.0809. The molecule has 0 aromatic heterocycles. The Morgan fingerprint density at radius 3 is 2.46 bits per heavy atom. The van der Waals surface area contributed by atoms with Crippen molar-refractivity contribution in [1.29, 1.82) is 0 Å². The van der Waals surface area contributed by atoms with Crippen molar-refractivity contribution < 1.29 is 27.2 Å². The summed E-state index contributed by atoms with van der Waals surface area (Å²) in [6, 6.07) is 15.9. The number of aryl methyl sites for hydroxylation is 1. The van der Waals surface area contributed by atoms with Gasteiger partial charge in [0.25, 0.3) is 10.1 Å². The summed E-state index contributed by atoms with van der Waals surface area (Å²) >= 11 is 0. The molecular weight excluding hydrogens is 356 g/mol. The zero-order valence-corrected chi connectivity index (χ0v) is 15.3. The SMILES string of the molecule is Cc1ccc(S(=O)(=O)O[C@@H]2CO[C@@H](CO)[C@H]2OCc2ccccc2)cc1. The highest BCUT2D eigenvalue weighted by Gasteiger charge is 2.41. The van der Waals surface area contributed by atoms with Crippen LogP contribution in [-0.4, -0.2) is 45.0 Å². The Hall–Kier alpha value is -1.77. The van der Waals surface area contributed by atoms with Gasteiger partial charge in [0.05, 0.1) is 24.7 Å². The first-order valence-corrected chi connectivity index (χ1v) is 9.78. The molecule has 0 amide bonds. The first-order valence-electron chi connectivity index (χ1n) is 8.37. The fraction of sp³-hybridized carbons (Fsp3) is 0.368. The standard InChI is InChI=1S/C19H22O6S/c1-14-7-9-16(10-8-14)26(21,22)25-18-13-23-17(11-20)19(18)24-12-15-5-3-2-4-6-15/h2-10,17-20H,11-13H2,1H3/t17-,18+,19+/m0/s1. The number of ether oxygens (including phenoxy) is 2. The Morgan fingerprint density at radius 2 is 1.81 bits per heavy atom. The fourth-order valence-electron chi connectivity index (χ4n) is 2.79. The second-order valence-corrected chi connectivity index (χ2v) is 7.79. The van der Waals surface area contributed by atoms with Gasteiger partial charge in [0.2, 0.25) is 0 Å². The monoisotopic (exact) mass is 378 g/mol. The number of hydrogen-bond donors (Lipinski definition) is 1. The van der Waals surface area contributed by atoms with Gasteiger partial charge >= 0.3 is 0 Å². The van der Waals surface area contributed by atoms with Crippen LogP contribution in [0.25, 0.3) is 0 Å². The van der Waals surface area contributed by atoms with Crippen molar-refractivity contribution in [3.05, 3.63) is 65.7 Å². The van der Waals surface area contributed by atoms with E-state index in [0.717, 1.165) is 11.1 Å². The van der Waals surface area contributed by atoms with E-state index >= 15 is 0 Å². The van der Waals surface area contributed by atoms with Crippen LogP contribution in [0.4, 0.5) is 0 Å². The van der Waals surface area contributed by atoms with E-state index < -0.39 is 28.4 Å². The van der Waals surface area contributed by atoms with Gasteiger partial charge in [0, 0.05) is 0 Å². The van der Waals surface area contributed by atoms with Crippen molar-refractivity contribution in [3.63, 3.8) is 0 Å². The summed E-state index contributed by atoms with van der Waals surface area (Å²) < 4.78 is 41.7. The van der Waals surface area contributed by atoms with Crippen molar-refractivity contribution in [2.75, 3.05) is 13.2 Å². The van der Waals surface area contributed by atoms with E-state index in [1.54, 1.807) is 12.1 Å². The molecule has 2 aromatic carbocycles. The van der Waals surface area contributed by atoms with Gasteiger partial charge in [0.15, 0.2) is 0 Å². The molecule has 1 heterocycles. The van der Waals surface area contributed by atoms with Crippen LogP contribution in [0.15, 0.2) is 59.5 Å². The zero-order chi connectivity index (χ0) is 18.6. The summed E-state index contributed by atoms with van der Waals surface area (Å²) in [5.41, 5.74) is 1.90. The molecule has 1 N–H and O–H groups in total. The van der Waals surface area contributed by atoms with E-state index in [4.69, 9.17) is 13.7 Å². The van der Waals surface area contributed by atoms with Crippen LogP contribution in [0.1, 0.15) is 11.1 Å². The molecule has 2 aromatic rings. The highest BCUT2D eigenvalue weighted by molar-refractivity contribution is 7.86. The van der Waals surface area contributed by atoms with Gasteiger partial charge in [-0.05, 0) is 24.6 Å². The Balaban J connectivity index is 1.71. The third-order valence-electron chi connectivity index (χ3n) is 4.23. The van der Waals surface area contributed by atoms with Gasteiger partial charge in [-0.25, -0.2) is 0 Å². The molecule has 0 aliphatic carbocycles. The molecule has 7 heteroatoms. The molecular formula is C19H22O6S. The molecule has 6 nitrogen and oxygen atoms in total. The van der Waals surface area contributed by atoms with Crippen molar-refractivity contribution in [2.24, 2.45) is 0 Å². The summed E-state index contributed by atoms with van der Waals surface area (Å²) in [6.45, 7) is 1.91. The largest absolute Gasteiger partial charge is 0.394 e. The number of aliphatic hydroxyl groups is 1. The van der Waals surface area contributed by atoms with Crippen molar-refractivity contribution in [2.45, 2.75) is 36.7 Å². The van der Waals surface area contributed by atoms with Crippen LogP contribution in [0, 0.1) is 6.92 Å². The average Bonchev–Trinajstić information content (AvgIpc) is 3.02. The lowest BCUT2D eigenvalue weighted by Gasteiger charge is -2.22. The number of benzene rings is 2. The highest BCUT2D eigenvalue weighted by atomic mass is 32.2. The van der Waals surface area contributed by atoms with Crippen molar-refractivity contribution in [3.8, 4) is 0 Å². The van der Waals surface area contributed by atoms with Gasteiger partial charge < -0.3 is 14.6 Å². The Morgan fingerprint density at radius 1 is 1.12 bits per heavy atom. The summed E-state index contributed by atoms with van der Waals surface area (Å²) in [5, 5.41) is 9.49. The second kappa shape index (κ2) is 8.28. The lowest BCUT2D eigenvalue weighted by Crippen LogP contribution is -2.38. The molecule has 1 aliphatic heterocycles.